The number of carbonyl (C=O) groups is 1. The van der Waals surface area contributed by atoms with Gasteiger partial charge in [0.05, 0.1) is 10.2 Å². The maximum absolute atomic E-state index is 12.2. The van der Waals surface area contributed by atoms with Crippen LogP contribution in [-0.2, 0) is 10.9 Å². The predicted molar refractivity (Wildman–Crippen MR) is 55.7 cm³/mol. The largest absolute Gasteiger partial charge is 0.461 e. The highest BCUT2D eigenvalue weighted by atomic mass is 127. The van der Waals surface area contributed by atoms with E-state index in [4.69, 9.17) is 0 Å². The number of hydrogen-bond donors (Lipinski definition) is 0. The first-order valence-corrected chi connectivity index (χ1v) is 5.21. The summed E-state index contributed by atoms with van der Waals surface area (Å²) in [5.74, 6) is -0.784. The van der Waals surface area contributed by atoms with Crippen LogP contribution in [0.1, 0.15) is 23.1 Å². The smallest absolute Gasteiger partial charge is 0.435 e. The van der Waals surface area contributed by atoms with E-state index in [2.05, 4.69) is 14.9 Å². The summed E-state index contributed by atoms with van der Waals surface area (Å²) >= 11 is 1.58. The van der Waals surface area contributed by atoms with E-state index in [-0.39, 0.29) is 15.9 Å². The minimum absolute atomic E-state index is 0.0541. The number of esters is 1. The van der Waals surface area contributed by atoms with Crippen LogP contribution >= 0.6 is 22.6 Å². The summed E-state index contributed by atoms with van der Waals surface area (Å²) in [6.07, 6.45) is -4.57. The molecule has 1 heterocycles. The van der Waals surface area contributed by atoms with Crippen molar-refractivity contribution in [2.24, 2.45) is 0 Å². The van der Waals surface area contributed by atoms with Crippen LogP contribution in [0, 0.1) is 3.57 Å². The van der Waals surface area contributed by atoms with Crippen molar-refractivity contribution in [3.63, 3.8) is 0 Å². The molecule has 0 amide bonds. The zero-order valence-corrected chi connectivity index (χ0v) is 10.2. The van der Waals surface area contributed by atoms with Crippen molar-refractivity contribution in [2.45, 2.75) is 13.1 Å². The number of halogens is 4. The van der Waals surface area contributed by atoms with Gasteiger partial charge in [-0.25, -0.2) is 4.79 Å². The number of rotatable bonds is 2. The second-order valence-electron chi connectivity index (χ2n) is 2.64. The summed E-state index contributed by atoms with van der Waals surface area (Å²) in [7, 11) is 0. The molecule has 0 radical (unpaired) electrons. The van der Waals surface area contributed by atoms with Gasteiger partial charge in [0, 0.05) is 0 Å². The van der Waals surface area contributed by atoms with Crippen molar-refractivity contribution in [3.05, 3.63) is 21.0 Å². The van der Waals surface area contributed by atoms with Gasteiger partial charge in [-0.05, 0) is 35.6 Å². The molecule has 1 rings (SSSR count). The van der Waals surface area contributed by atoms with E-state index in [0.29, 0.717) is 0 Å². The van der Waals surface area contributed by atoms with Gasteiger partial charge in [0.15, 0.2) is 11.4 Å². The number of carbonyl (C=O) groups excluding carboxylic acids is 1. The molecule has 0 saturated carbocycles. The highest BCUT2D eigenvalue weighted by Gasteiger charge is 2.34. The number of alkyl halides is 3. The Bertz CT molecular complexity index is 409. The zero-order valence-electron chi connectivity index (χ0n) is 8.01. The number of aromatic nitrogens is 2. The van der Waals surface area contributed by atoms with Crippen molar-refractivity contribution >= 4 is 28.6 Å². The molecule has 0 fully saturated rings. The molecule has 0 aliphatic carbocycles. The molecule has 0 bridgehead atoms. The third kappa shape index (κ3) is 3.03. The maximum Gasteiger partial charge on any atom is 0.435 e. The Balaban J connectivity index is 3.05. The van der Waals surface area contributed by atoms with E-state index in [9.17, 15) is 18.0 Å². The second kappa shape index (κ2) is 4.93. The Hall–Kier alpha value is -0.930. The van der Waals surface area contributed by atoms with Crippen molar-refractivity contribution in [2.75, 3.05) is 6.61 Å². The monoisotopic (exact) mass is 346 g/mol. The lowest BCUT2D eigenvalue weighted by atomic mass is 10.3. The average Bonchev–Trinajstić information content (AvgIpc) is 2.16. The van der Waals surface area contributed by atoms with Crippen molar-refractivity contribution in [1.29, 1.82) is 0 Å². The lowest BCUT2D eigenvalue weighted by Crippen LogP contribution is -2.15. The highest BCUT2D eigenvalue weighted by molar-refractivity contribution is 14.1. The number of nitrogens with zero attached hydrogens (tertiary/aromatic N) is 2. The van der Waals surface area contributed by atoms with Gasteiger partial charge in [0.1, 0.15) is 0 Å². The minimum atomic E-state index is -4.57. The molecular formula is C8H6F3IN2O2. The van der Waals surface area contributed by atoms with Gasteiger partial charge in [-0.3, -0.25) is 0 Å². The van der Waals surface area contributed by atoms with Gasteiger partial charge in [-0.15, -0.1) is 10.2 Å². The van der Waals surface area contributed by atoms with E-state index in [1.807, 2.05) is 0 Å². The Labute approximate surface area is 102 Å². The summed E-state index contributed by atoms with van der Waals surface area (Å²) in [5, 5.41) is 6.14. The van der Waals surface area contributed by atoms with E-state index in [1.54, 1.807) is 29.5 Å². The molecule has 0 aromatic carbocycles. The summed E-state index contributed by atoms with van der Waals surface area (Å²) in [5.41, 5.74) is -1.35. The Morgan fingerprint density at radius 1 is 1.50 bits per heavy atom. The first-order chi connectivity index (χ1) is 7.36. The molecule has 88 valence electrons. The lowest BCUT2D eigenvalue weighted by Gasteiger charge is -2.07. The molecule has 16 heavy (non-hydrogen) atoms. The quantitative estimate of drug-likeness (QED) is 0.609. The fraction of sp³-hybridized carbons (Fsp3) is 0.375. The van der Waals surface area contributed by atoms with E-state index >= 15 is 0 Å². The molecule has 0 saturated heterocycles. The van der Waals surface area contributed by atoms with Crippen LogP contribution in [0.25, 0.3) is 0 Å². The van der Waals surface area contributed by atoms with Gasteiger partial charge in [0.2, 0.25) is 0 Å². The molecule has 0 unspecified atom stereocenters. The van der Waals surface area contributed by atoms with Gasteiger partial charge in [-0.2, -0.15) is 13.2 Å². The molecular weight excluding hydrogens is 340 g/mol. The van der Waals surface area contributed by atoms with Crippen molar-refractivity contribution < 1.29 is 22.7 Å². The van der Waals surface area contributed by atoms with Crippen molar-refractivity contribution in [1.82, 2.24) is 10.2 Å². The maximum atomic E-state index is 12.2. The third-order valence-electron chi connectivity index (χ3n) is 1.51. The van der Waals surface area contributed by atoms with Crippen LogP contribution in [0.5, 0.6) is 0 Å². The van der Waals surface area contributed by atoms with Crippen molar-refractivity contribution in [3.8, 4) is 0 Å². The molecule has 1 aromatic rings. The molecule has 8 heteroatoms. The number of hydrogen-bond acceptors (Lipinski definition) is 4. The van der Waals surface area contributed by atoms with Crippen LogP contribution < -0.4 is 0 Å². The SMILES string of the molecule is CCOC(=O)c1nnc(C(F)(F)F)cc1I. The van der Waals surface area contributed by atoms with Crippen LogP contribution in [-0.4, -0.2) is 22.8 Å². The molecule has 1 aromatic heterocycles. The Morgan fingerprint density at radius 3 is 2.56 bits per heavy atom. The van der Waals surface area contributed by atoms with E-state index < -0.39 is 17.8 Å². The highest BCUT2D eigenvalue weighted by Crippen LogP contribution is 2.28. The molecule has 0 atom stereocenters. The minimum Gasteiger partial charge on any atom is -0.461 e. The fourth-order valence-electron chi connectivity index (χ4n) is 0.845. The summed E-state index contributed by atoms with van der Waals surface area (Å²) in [4.78, 5) is 11.2. The fourth-order valence-corrected chi connectivity index (χ4v) is 1.47. The molecule has 0 N–H and O–H groups in total. The first kappa shape index (κ1) is 13.1. The van der Waals surface area contributed by atoms with Gasteiger partial charge < -0.3 is 4.74 Å². The molecule has 0 spiro atoms. The van der Waals surface area contributed by atoms with Gasteiger partial charge in [-0.1, -0.05) is 0 Å². The Kier molecular flexibility index (Phi) is 4.05. The topological polar surface area (TPSA) is 52.1 Å². The van der Waals surface area contributed by atoms with Crippen LogP contribution in [0.2, 0.25) is 0 Å². The lowest BCUT2D eigenvalue weighted by molar-refractivity contribution is -0.141. The summed E-state index contributed by atoms with van der Waals surface area (Å²) in [6.45, 7) is 1.71. The standard InChI is InChI=1S/C8H6F3IN2O2/c1-2-16-7(15)6-4(12)3-5(13-14-6)8(9,10)11/h3H,2H2,1H3. The average molecular weight is 346 g/mol. The first-order valence-electron chi connectivity index (χ1n) is 4.13. The van der Waals surface area contributed by atoms with E-state index in [0.717, 1.165) is 6.07 Å². The Morgan fingerprint density at radius 2 is 2.12 bits per heavy atom. The second-order valence-corrected chi connectivity index (χ2v) is 3.81. The van der Waals surface area contributed by atoms with Crippen LogP contribution in [0.15, 0.2) is 6.07 Å². The van der Waals surface area contributed by atoms with Crippen LogP contribution in [0.3, 0.4) is 0 Å². The molecule has 0 aliphatic heterocycles. The third-order valence-corrected chi connectivity index (χ3v) is 2.33. The normalized spacial score (nSPS) is 11.3. The number of ether oxygens (including phenoxy) is 1. The molecule has 4 nitrogen and oxygen atoms in total. The predicted octanol–water partition coefficient (Wildman–Crippen LogP) is 2.28. The van der Waals surface area contributed by atoms with E-state index in [1.165, 1.54) is 0 Å². The van der Waals surface area contributed by atoms with Gasteiger partial charge >= 0.3 is 12.1 Å². The molecule has 0 aliphatic rings. The zero-order chi connectivity index (χ0) is 12.3. The van der Waals surface area contributed by atoms with Gasteiger partial charge in [0.25, 0.3) is 0 Å². The van der Waals surface area contributed by atoms with Crippen LogP contribution in [0.4, 0.5) is 13.2 Å². The summed E-state index contributed by atoms with van der Waals surface area (Å²) < 4.78 is 41.3. The summed E-state index contributed by atoms with van der Waals surface area (Å²) in [6, 6.07) is 0.750.